The molecule has 0 radical (unpaired) electrons. The molecular formula is C11H14N4O. The van der Waals surface area contributed by atoms with E-state index in [1.807, 2.05) is 13.0 Å². The predicted molar refractivity (Wildman–Crippen MR) is 57.9 cm³/mol. The molecule has 16 heavy (non-hydrogen) atoms. The number of aromatic nitrogens is 2. The fourth-order valence-electron chi connectivity index (χ4n) is 1.08. The molecule has 1 rings (SSSR count). The van der Waals surface area contributed by atoms with Crippen molar-refractivity contribution in [1.82, 2.24) is 15.3 Å². The molecule has 5 nitrogen and oxygen atoms in total. The van der Waals surface area contributed by atoms with Crippen LogP contribution < -0.4 is 5.32 Å². The van der Waals surface area contributed by atoms with Gasteiger partial charge in [0.2, 0.25) is 5.91 Å². The van der Waals surface area contributed by atoms with Gasteiger partial charge >= 0.3 is 0 Å². The van der Waals surface area contributed by atoms with Crippen LogP contribution in [0.2, 0.25) is 0 Å². The third-order valence-corrected chi connectivity index (χ3v) is 2.53. The fourth-order valence-corrected chi connectivity index (χ4v) is 1.08. The van der Waals surface area contributed by atoms with E-state index in [1.165, 1.54) is 6.33 Å². The van der Waals surface area contributed by atoms with Crippen LogP contribution in [-0.4, -0.2) is 15.9 Å². The Morgan fingerprint density at radius 3 is 2.94 bits per heavy atom. The van der Waals surface area contributed by atoms with Gasteiger partial charge in [-0.05, 0) is 19.4 Å². The Kier molecular flexibility index (Phi) is 3.95. The Morgan fingerprint density at radius 2 is 2.44 bits per heavy atom. The van der Waals surface area contributed by atoms with Crippen LogP contribution in [0.15, 0.2) is 18.6 Å². The number of amides is 1. The van der Waals surface area contributed by atoms with Crippen LogP contribution in [-0.2, 0) is 11.3 Å². The van der Waals surface area contributed by atoms with Crippen LogP contribution >= 0.6 is 0 Å². The van der Waals surface area contributed by atoms with Gasteiger partial charge in [0, 0.05) is 6.20 Å². The topological polar surface area (TPSA) is 78.7 Å². The van der Waals surface area contributed by atoms with Gasteiger partial charge in [-0.15, -0.1) is 0 Å². The van der Waals surface area contributed by atoms with E-state index in [4.69, 9.17) is 5.26 Å². The van der Waals surface area contributed by atoms with Gasteiger partial charge in [-0.25, -0.2) is 9.97 Å². The molecule has 84 valence electrons. The van der Waals surface area contributed by atoms with Crippen LogP contribution in [0.1, 0.15) is 26.0 Å². The lowest BCUT2D eigenvalue weighted by atomic mass is 9.88. The van der Waals surface area contributed by atoms with E-state index in [0.29, 0.717) is 13.0 Å². The van der Waals surface area contributed by atoms with Gasteiger partial charge < -0.3 is 5.32 Å². The predicted octanol–water partition coefficient (Wildman–Crippen LogP) is 1.03. The van der Waals surface area contributed by atoms with Crippen molar-refractivity contribution in [3.8, 4) is 6.07 Å². The third kappa shape index (κ3) is 2.76. The number of nitrogens with one attached hydrogen (secondary N) is 1. The maximum atomic E-state index is 11.7. The highest BCUT2D eigenvalue weighted by molar-refractivity contribution is 5.84. The summed E-state index contributed by atoms with van der Waals surface area (Å²) >= 11 is 0. The average molecular weight is 218 g/mol. The van der Waals surface area contributed by atoms with Crippen molar-refractivity contribution in [2.75, 3.05) is 0 Å². The van der Waals surface area contributed by atoms with E-state index in [1.54, 1.807) is 19.2 Å². The van der Waals surface area contributed by atoms with E-state index >= 15 is 0 Å². The van der Waals surface area contributed by atoms with E-state index in [-0.39, 0.29) is 5.91 Å². The highest BCUT2D eigenvalue weighted by Gasteiger charge is 2.30. The van der Waals surface area contributed by atoms with Gasteiger partial charge in [0.05, 0.1) is 18.3 Å². The summed E-state index contributed by atoms with van der Waals surface area (Å²) in [5, 5.41) is 11.6. The van der Waals surface area contributed by atoms with Crippen LogP contribution in [0, 0.1) is 16.7 Å². The first-order valence-corrected chi connectivity index (χ1v) is 5.07. The standard InChI is InChI=1S/C11H14N4O/c1-3-11(2,7-12)10(16)14-6-9-4-5-13-8-15-9/h4-5,8H,3,6H2,1-2H3,(H,14,16). The van der Waals surface area contributed by atoms with Gasteiger partial charge in [0.1, 0.15) is 11.7 Å². The van der Waals surface area contributed by atoms with Crippen molar-refractivity contribution in [2.24, 2.45) is 5.41 Å². The Balaban J connectivity index is 2.57. The van der Waals surface area contributed by atoms with E-state index in [2.05, 4.69) is 15.3 Å². The maximum Gasteiger partial charge on any atom is 0.240 e. The molecule has 0 saturated carbocycles. The normalized spacial score (nSPS) is 13.6. The molecule has 1 heterocycles. The molecule has 1 unspecified atom stereocenters. The molecule has 0 fully saturated rings. The molecular weight excluding hydrogens is 204 g/mol. The molecule has 1 atom stereocenters. The number of carbonyl (C=O) groups is 1. The van der Waals surface area contributed by atoms with Crippen molar-refractivity contribution in [3.63, 3.8) is 0 Å². The lowest BCUT2D eigenvalue weighted by molar-refractivity contribution is -0.127. The lowest BCUT2D eigenvalue weighted by Crippen LogP contribution is -2.37. The second kappa shape index (κ2) is 5.21. The molecule has 0 aliphatic carbocycles. The zero-order valence-corrected chi connectivity index (χ0v) is 9.40. The highest BCUT2D eigenvalue weighted by atomic mass is 16.2. The zero-order chi connectivity index (χ0) is 12.0. The summed E-state index contributed by atoms with van der Waals surface area (Å²) in [7, 11) is 0. The van der Waals surface area contributed by atoms with Crippen molar-refractivity contribution in [3.05, 3.63) is 24.3 Å². The molecule has 0 aliphatic rings. The first kappa shape index (κ1) is 12.1. The minimum atomic E-state index is -0.965. The number of rotatable bonds is 4. The Hall–Kier alpha value is -1.96. The number of hydrogen-bond acceptors (Lipinski definition) is 4. The second-order valence-corrected chi connectivity index (χ2v) is 3.68. The van der Waals surface area contributed by atoms with Gasteiger partial charge in [0.25, 0.3) is 0 Å². The largest absolute Gasteiger partial charge is 0.349 e. The van der Waals surface area contributed by atoms with Crippen LogP contribution in [0.4, 0.5) is 0 Å². The van der Waals surface area contributed by atoms with Crippen LogP contribution in [0.5, 0.6) is 0 Å². The minimum Gasteiger partial charge on any atom is -0.349 e. The summed E-state index contributed by atoms with van der Waals surface area (Å²) in [6.07, 6.45) is 3.52. The average Bonchev–Trinajstić information content (AvgIpc) is 2.36. The van der Waals surface area contributed by atoms with Gasteiger partial charge in [-0.1, -0.05) is 6.92 Å². The van der Waals surface area contributed by atoms with Crippen molar-refractivity contribution in [2.45, 2.75) is 26.8 Å². The lowest BCUT2D eigenvalue weighted by Gasteiger charge is -2.18. The summed E-state index contributed by atoms with van der Waals surface area (Å²) in [5.74, 6) is -0.267. The first-order valence-electron chi connectivity index (χ1n) is 5.07. The summed E-state index contributed by atoms with van der Waals surface area (Å²) in [6, 6.07) is 3.74. The van der Waals surface area contributed by atoms with Gasteiger partial charge in [0.15, 0.2) is 0 Å². The van der Waals surface area contributed by atoms with E-state index in [9.17, 15) is 4.79 Å². The Bertz CT molecular complexity index is 398. The SMILES string of the molecule is CCC(C)(C#N)C(=O)NCc1ccncn1. The molecule has 0 bridgehead atoms. The summed E-state index contributed by atoms with van der Waals surface area (Å²) in [5.41, 5.74) is -0.243. The highest BCUT2D eigenvalue weighted by Crippen LogP contribution is 2.19. The quantitative estimate of drug-likeness (QED) is 0.818. The van der Waals surface area contributed by atoms with Crippen molar-refractivity contribution < 1.29 is 4.79 Å². The summed E-state index contributed by atoms with van der Waals surface area (Å²) in [6.45, 7) is 3.76. The molecule has 1 aromatic heterocycles. The van der Waals surface area contributed by atoms with Gasteiger partial charge in [-0.2, -0.15) is 5.26 Å². The number of nitriles is 1. The minimum absolute atomic E-state index is 0.267. The van der Waals surface area contributed by atoms with Crippen LogP contribution in [0.3, 0.4) is 0 Å². The van der Waals surface area contributed by atoms with Crippen molar-refractivity contribution >= 4 is 5.91 Å². The molecule has 5 heteroatoms. The zero-order valence-electron chi connectivity index (χ0n) is 9.40. The second-order valence-electron chi connectivity index (χ2n) is 3.68. The molecule has 1 amide bonds. The van der Waals surface area contributed by atoms with Gasteiger partial charge in [-0.3, -0.25) is 4.79 Å². The molecule has 1 aromatic rings. The maximum absolute atomic E-state index is 11.7. The molecule has 0 aromatic carbocycles. The number of nitrogens with zero attached hydrogens (tertiary/aromatic N) is 3. The van der Waals surface area contributed by atoms with Crippen molar-refractivity contribution in [1.29, 1.82) is 5.26 Å². The monoisotopic (exact) mass is 218 g/mol. The fraction of sp³-hybridized carbons (Fsp3) is 0.455. The summed E-state index contributed by atoms with van der Waals surface area (Å²) in [4.78, 5) is 19.5. The molecule has 0 spiro atoms. The Labute approximate surface area is 94.5 Å². The summed E-state index contributed by atoms with van der Waals surface area (Å²) < 4.78 is 0. The smallest absolute Gasteiger partial charge is 0.240 e. The molecule has 1 N–H and O–H groups in total. The number of hydrogen-bond donors (Lipinski definition) is 1. The Morgan fingerprint density at radius 1 is 1.69 bits per heavy atom. The van der Waals surface area contributed by atoms with E-state index < -0.39 is 5.41 Å². The molecule has 0 saturated heterocycles. The first-order chi connectivity index (χ1) is 7.62. The van der Waals surface area contributed by atoms with E-state index in [0.717, 1.165) is 5.69 Å². The third-order valence-electron chi connectivity index (χ3n) is 2.53. The number of carbonyl (C=O) groups excluding carboxylic acids is 1. The molecule has 0 aliphatic heterocycles. The van der Waals surface area contributed by atoms with Crippen LogP contribution in [0.25, 0.3) is 0 Å².